The predicted octanol–water partition coefficient (Wildman–Crippen LogP) is 12.0. The Labute approximate surface area is 287 Å². The summed E-state index contributed by atoms with van der Waals surface area (Å²) in [4.78, 5) is 14.7. The summed E-state index contributed by atoms with van der Waals surface area (Å²) >= 11 is 0. The largest absolute Gasteiger partial charge is 0.456 e. The second-order valence-electron chi connectivity index (χ2n) is 12.4. The number of rotatable bonds is 5. The third-order valence-corrected chi connectivity index (χ3v) is 9.34. The second-order valence-corrected chi connectivity index (χ2v) is 12.4. The lowest BCUT2D eigenvalue weighted by Crippen LogP contribution is -2.00. The van der Waals surface area contributed by atoms with Crippen molar-refractivity contribution in [3.05, 3.63) is 164 Å². The maximum absolute atomic E-state index is 6.67. The fourth-order valence-corrected chi connectivity index (χ4v) is 6.87. The van der Waals surface area contributed by atoms with E-state index >= 15 is 0 Å². The van der Waals surface area contributed by atoms with Crippen LogP contribution < -0.4 is 0 Å². The Hall–Kier alpha value is -6.85. The number of hydrogen-bond acceptors (Lipinski definition) is 5. The highest BCUT2D eigenvalue weighted by molar-refractivity contribution is 6.12. The lowest BCUT2D eigenvalue weighted by Gasteiger charge is -2.09. The maximum Gasteiger partial charge on any atom is 0.164 e. The van der Waals surface area contributed by atoms with Crippen LogP contribution in [0, 0.1) is 0 Å². The number of para-hydroxylation sites is 2. The van der Waals surface area contributed by atoms with Crippen LogP contribution in [0.3, 0.4) is 0 Å². The summed E-state index contributed by atoms with van der Waals surface area (Å²) in [6, 6.07) is 55.8. The smallest absolute Gasteiger partial charge is 0.164 e. The van der Waals surface area contributed by atoms with Gasteiger partial charge in [0.15, 0.2) is 17.5 Å². The van der Waals surface area contributed by atoms with E-state index in [0.29, 0.717) is 17.5 Å². The highest BCUT2D eigenvalue weighted by Crippen LogP contribution is 2.40. The molecule has 5 heteroatoms. The molecule has 234 valence electrons. The number of benzene rings is 7. The van der Waals surface area contributed by atoms with Crippen molar-refractivity contribution < 1.29 is 8.83 Å². The monoisotopic (exact) mass is 641 g/mol. The van der Waals surface area contributed by atoms with E-state index in [-0.39, 0.29) is 0 Å². The maximum atomic E-state index is 6.67. The minimum absolute atomic E-state index is 0.622. The van der Waals surface area contributed by atoms with Gasteiger partial charge in [0.1, 0.15) is 22.3 Å². The molecule has 3 aromatic heterocycles. The molecule has 0 bridgehead atoms. The van der Waals surface area contributed by atoms with Gasteiger partial charge in [-0.05, 0) is 53.1 Å². The standard InChI is InChI=1S/C45H27N3O2/c1-3-11-28(12-4-1)43-46-44(29-13-5-2-6-14-29)48-45(47-43)33-16-9-15-30(25-33)31-21-23-36-37-19-10-18-34(42(37)50-41(36)27-31)32-22-24-40-38(26-32)35-17-7-8-20-39(35)49-40/h1-27H. The topological polar surface area (TPSA) is 65.0 Å². The van der Waals surface area contributed by atoms with Gasteiger partial charge in [0, 0.05) is 43.8 Å². The highest BCUT2D eigenvalue weighted by atomic mass is 16.3. The molecule has 0 unspecified atom stereocenters. The molecule has 10 rings (SSSR count). The van der Waals surface area contributed by atoms with Crippen LogP contribution in [-0.2, 0) is 0 Å². The molecular formula is C45H27N3O2. The molecule has 50 heavy (non-hydrogen) atoms. The molecule has 0 saturated carbocycles. The van der Waals surface area contributed by atoms with E-state index in [0.717, 1.165) is 82.8 Å². The van der Waals surface area contributed by atoms with Gasteiger partial charge in [0.25, 0.3) is 0 Å². The molecular weight excluding hydrogens is 615 g/mol. The van der Waals surface area contributed by atoms with Gasteiger partial charge in [0.2, 0.25) is 0 Å². The normalized spacial score (nSPS) is 11.6. The molecule has 5 nitrogen and oxygen atoms in total. The Morgan fingerprint density at radius 3 is 1.64 bits per heavy atom. The quantitative estimate of drug-likeness (QED) is 0.187. The van der Waals surface area contributed by atoms with E-state index in [2.05, 4.69) is 84.9 Å². The van der Waals surface area contributed by atoms with Crippen LogP contribution in [0.5, 0.6) is 0 Å². The summed E-state index contributed by atoms with van der Waals surface area (Å²) in [6.45, 7) is 0. The fraction of sp³-hybridized carbons (Fsp3) is 0. The lowest BCUT2D eigenvalue weighted by atomic mass is 9.99. The van der Waals surface area contributed by atoms with E-state index < -0.39 is 0 Å². The van der Waals surface area contributed by atoms with Crippen LogP contribution >= 0.6 is 0 Å². The first kappa shape index (κ1) is 28.2. The van der Waals surface area contributed by atoms with Crippen LogP contribution in [-0.4, -0.2) is 15.0 Å². The van der Waals surface area contributed by atoms with Crippen molar-refractivity contribution in [3.63, 3.8) is 0 Å². The van der Waals surface area contributed by atoms with E-state index in [1.807, 2.05) is 78.9 Å². The van der Waals surface area contributed by atoms with Gasteiger partial charge in [-0.25, -0.2) is 15.0 Å². The zero-order valence-electron chi connectivity index (χ0n) is 26.7. The summed E-state index contributed by atoms with van der Waals surface area (Å²) in [5, 5.41) is 4.37. The summed E-state index contributed by atoms with van der Waals surface area (Å²) in [5.41, 5.74) is 10.5. The Balaban J connectivity index is 1.06. The summed E-state index contributed by atoms with van der Waals surface area (Å²) in [7, 11) is 0. The molecule has 0 N–H and O–H groups in total. The fourth-order valence-electron chi connectivity index (χ4n) is 6.87. The third-order valence-electron chi connectivity index (χ3n) is 9.34. The average molecular weight is 642 g/mol. The number of furan rings is 2. The Bertz CT molecular complexity index is 2810. The Kier molecular flexibility index (Phi) is 6.42. The zero-order chi connectivity index (χ0) is 33.0. The summed E-state index contributed by atoms with van der Waals surface area (Å²) in [6.07, 6.45) is 0. The molecule has 0 atom stereocenters. The van der Waals surface area contributed by atoms with Crippen molar-refractivity contribution in [1.82, 2.24) is 15.0 Å². The van der Waals surface area contributed by atoms with Crippen molar-refractivity contribution in [3.8, 4) is 56.4 Å². The first-order valence-electron chi connectivity index (χ1n) is 16.6. The molecule has 0 saturated heterocycles. The van der Waals surface area contributed by atoms with Gasteiger partial charge < -0.3 is 8.83 Å². The molecule has 0 fully saturated rings. The number of nitrogens with zero attached hydrogens (tertiary/aromatic N) is 3. The van der Waals surface area contributed by atoms with E-state index in [1.54, 1.807) is 0 Å². The Morgan fingerprint density at radius 2 is 0.860 bits per heavy atom. The van der Waals surface area contributed by atoms with Crippen LogP contribution in [0.15, 0.2) is 173 Å². The van der Waals surface area contributed by atoms with E-state index in [1.165, 1.54) is 0 Å². The summed E-state index contributed by atoms with van der Waals surface area (Å²) in [5.74, 6) is 1.90. The van der Waals surface area contributed by atoms with Gasteiger partial charge >= 0.3 is 0 Å². The number of aromatic nitrogens is 3. The van der Waals surface area contributed by atoms with Gasteiger partial charge in [-0.1, -0.05) is 127 Å². The van der Waals surface area contributed by atoms with Gasteiger partial charge in [0.05, 0.1) is 0 Å². The molecule has 3 heterocycles. The first-order chi connectivity index (χ1) is 24.7. The van der Waals surface area contributed by atoms with Crippen LogP contribution in [0.1, 0.15) is 0 Å². The highest BCUT2D eigenvalue weighted by Gasteiger charge is 2.16. The van der Waals surface area contributed by atoms with Crippen molar-refractivity contribution >= 4 is 43.9 Å². The molecule has 7 aromatic carbocycles. The number of hydrogen-bond donors (Lipinski definition) is 0. The van der Waals surface area contributed by atoms with Crippen molar-refractivity contribution in [1.29, 1.82) is 0 Å². The summed E-state index contributed by atoms with van der Waals surface area (Å²) < 4.78 is 12.8. The predicted molar refractivity (Wildman–Crippen MR) is 202 cm³/mol. The second kappa shape index (κ2) is 11.4. The van der Waals surface area contributed by atoms with Crippen molar-refractivity contribution in [2.24, 2.45) is 0 Å². The van der Waals surface area contributed by atoms with Crippen molar-refractivity contribution in [2.45, 2.75) is 0 Å². The zero-order valence-corrected chi connectivity index (χ0v) is 26.7. The minimum atomic E-state index is 0.622. The SMILES string of the molecule is c1ccc(-c2nc(-c3ccccc3)nc(-c3cccc(-c4ccc5c(c4)oc4c(-c6ccc7oc8ccccc8c7c6)cccc45)c3)n2)cc1. The van der Waals surface area contributed by atoms with Gasteiger partial charge in [-0.15, -0.1) is 0 Å². The molecule has 0 aliphatic carbocycles. The number of fused-ring (bicyclic) bond motifs is 6. The van der Waals surface area contributed by atoms with Gasteiger partial charge in [-0.2, -0.15) is 0 Å². The van der Waals surface area contributed by atoms with Crippen LogP contribution in [0.4, 0.5) is 0 Å². The molecule has 0 aliphatic heterocycles. The van der Waals surface area contributed by atoms with Crippen LogP contribution in [0.25, 0.3) is 100 Å². The minimum Gasteiger partial charge on any atom is -0.456 e. The average Bonchev–Trinajstić information content (AvgIpc) is 3.76. The Morgan fingerprint density at radius 1 is 0.300 bits per heavy atom. The first-order valence-corrected chi connectivity index (χ1v) is 16.6. The molecule has 0 spiro atoms. The van der Waals surface area contributed by atoms with E-state index in [9.17, 15) is 0 Å². The molecule has 0 amide bonds. The van der Waals surface area contributed by atoms with Crippen molar-refractivity contribution in [2.75, 3.05) is 0 Å². The van der Waals surface area contributed by atoms with Crippen LogP contribution in [0.2, 0.25) is 0 Å². The third kappa shape index (κ3) is 4.75. The lowest BCUT2D eigenvalue weighted by molar-refractivity contribution is 0.668. The molecule has 10 aromatic rings. The molecule has 0 radical (unpaired) electrons. The van der Waals surface area contributed by atoms with Gasteiger partial charge in [-0.3, -0.25) is 0 Å². The molecule has 0 aliphatic rings. The van der Waals surface area contributed by atoms with E-state index in [4.69, 9.17) is 23.8 Å².